The molecule has 0 saturated heterocycles. The average Bonchev–Trinajstić information content (AvgIpc) is 3.29. The van der Waals surface area contributed by atoms with Crippen molar-refractivity contribution < 1.29 is 19.8 Å². The average molecular weight is 292 g/mol. The van der Waals surface area contributed by atoms with Crippen molar-refractivity contribution in [3.05, 3.63) is 29.8 Å². The highest BCUT2D eigenvalue weighted by molar-refractivity contribution is 5.94. The van der Waals surface area contributed by atoms with Crippen molar-refractivity contribution in [3.8, 4) is 0 Å². The van der Waals surface area contributed by atoms with Gasteiger partial charge in [0.15, 0.2) is 0 Å². The zero-order valence-electron chi connectivity index (χ0n) is 11.9. The Morgan fingerprint density at radius 3 is 2.38 bits per heavy atom. The molecule has 2 unspecified atom stereocenters. The Bertz CT molecular complexity index is 511. The lowest BCUT2D eigenvalue weighted by molar-refractivity contribution is -0.138. The molecule has 1 fully saturated rings. The van der Waals surface area contributed by atoms with Crippen LogP contribution in [0.5, 0.6) is 0 Å². The minimum absolute atomic E-state index is 0.0299. The Morgan fingerprint density at radius 1 is 1.29 bits per heavy atom. The molecular weight excluding hydrogens is 272 g/mol. The van der Waals surface area contributed by atoms with Crippen molar-refractivity contribution in [2.45, 2.75) is 31.4 Å². The standard InChI is InChI=1S/C15H20N2O4/c1-16-12(8-13(18)19)14(20)9-4-6-11(7-5-9)17-15(21)10-2-3-10/h4-7,10,12,14,16,20H,2-3,8H2,1H3,(H,17,21)(H,18,19). The lowest BCUT2D eigenvalue weighted by Crippen LogP contribution is -2.34. The summed E-state index contributed by atoms with van der Waals surface area (Å²) in [5, 5.41) is 24.6. The molecule has 0 aliphatic heterocycles. The number of hydrogen-bond acceptors (Lipinski definition) is 4. The zero-order valence-corrected chi connectivity index (χ0v) is 11.9. The van der Waals surface area contributed by atoms with Gasteiger partial charge in [0.2, 0.25) is 5.91 Å². The number of carboxylic acids is 1. The number of carbonyl (C=O) groups excluding carboxylic acids is 1. The maximum atomic E-state index is 11.6. The van der Waals surface area contributed by atoms with E-state index in [2.05, 4.69) is 10.6 Å². The number of amides is 1. The van der Waals surface area contributed by atoms with E-state index < -0.39 is 18.1 Å². The second-order valence-corrected chi connectivity index (χ2v) is 5.32. The third-order valence-electron chi connectivity index (χ3n) is 3.61. The first-order chi connectivity index (χ1) is 10.0. The molecule has 6 nitrogen and oxygen atoms in total. The number of carboxylic acid groups (broad SMARTS) is 1. The summed E-state index contributed by atoms with van der Waals surface area (Å²) < 4.78 is 0. The number of hydrogen-bond donors (Lipinski definition) is 4. The first-order valence-electron chi connectivity index (χ1n) is 6.99. The van der Waals surface area contributed by atoms with Gasteiger partial charge in [-0.15, -0.1) is 0 Å². The van der Waals surface area contributed by atoms with Crippen LogP contribution < -0.4 is 10.6 Å². The van der Waals surface area contributed by atoms with Gasteiger partial charge in [-0.3, -0.25) is 9.59 Å². The van der Waals surface area contributed by atoms with E-state index in [1.54, 1.807) is 31.3 Å². The summed E-state index contributed by atoms with van der Waals surface area (Å²) in [5.74, 6) is -0.802. The number of benzene rings is 1. The zero-order chi connectivity index (χ0) is 15.4. The first kappa shape index (κ1) is 15.5. The number of likely N-dealkylation sites (N-methyl/N-ethyl adjacent to an activating group) is 1. The van der Waals surface area contributed by atoms with Crippen molar-refractivity contribution in [1.82, 2.24) is 5.32 Å². The summed E-state index contributed by atoms with van der Waals surface area (Å²) in [4.78, 5) is 22.4. The molecule has 0 heterocycles. The van der Waals surface area contributed by atoms with Gasteiger partial charge >= 0.3 is 5.97 Å². The first-order valence-corrected chi connectivity index (χ1v) is 6.99. The molecule has 0 bridgehead atoms. The number of rotatable bonds is 7. The molecule has 1 aliphatic carbocycles. The molecule has 4 N–H and O–H groups in total. The van der Waals surface area contributed by atoms with Crippen molar-refractivity contribution in [2.75, 3.05) is 12.4 Å². The summed E-state index contributed by atoms with van der Waals surface area (Å²) in [6.45, 7) is 0. The summed E-state index contributed by atoms with van der Waals surface area (Å²) in [7, 11) is 1.61. The van der Waals surface area contributed by atoms with Crippen molar-refractivity contribution in [2.24, 2.45) is 5.92 Å². The Morgan fingerprint density at radius 2 is 1.90 bits per heavy atom. The topological polar surface area (TPSA) is 98.7 Å². The molecule has 114 valence electrons. The number of aliphatic hydroxyl groups is 1. The Kier molecular flexibility index (Phi) is 4.93. The van der Waals surface area contributed by atoms with Crippen LogP contribution in [0.25, 0.3) is 0 Å². The van der Waals surface area contributed by atoms with Gasteiger partial charge in [-0.2, -0.15) is 0 Å². The molecule has 1 aliphatic rings. The third-order valence-corrected chi connectivity index (χ3v) is 3.61. The SMILES string of the molecule is CNC(CC(=O)O)C(O)c1ccc(NC(=O)C2CC2)cc1. The van der Waals surface area contributed by atoms with Gasteiger partial charge < -0.3 is 20.8 Å². The number of carbonyl (C=O) groups is 2. The maximum absolute atomic E-state index is 11.6. The summed E-state index contributed by atoms with van der Waals surface area (Å²) >= 11 is 0. The molecule has 21 heavy (non-hydrogen) atoms. The van der Waals surface area contributed by atoms with Gasteiger partial charge in [-0.1, -0.05) is 12.1 Å². The van der Waals surface area contributed by atoms with E-state index in [0.29, 0.717) is 11.3 Å². The fourth-order valence-corrected chi connectivity index (χ4v) is 2.15. The molecule has 1 aromatic carbocycles. The van der Waals surface area contributed by atoms with Gasteiger partial charge in [0, 0.05) is 17.6 Å². The normalized spacial score (nSPS) is 17.0. The van der Waals surface area contributed by atoms with E-state index in [1.807, 2.05) is 0 Å². The molecule has 6 heteroatoms. The van der Waals surface area contributed by atoms with Gasteiger partial charge in [0.05, 0.1) is 12.5 Å². The minimum atomic E-state index is -0.971. The summed E-state index contributed by atoms with van der Waals surface area (Å²) in [6, 6.07) is 6.26. The van der Waals surface area contributed by atoms with Gasteiger partial charge in [-0.05, 0) is 37.6 Å². The molecule has 2 atom stereocenters. The smallest absolute Gasteiger partial charge is 0.305 e. The molecule has 2 rings (SSSR count). The van der Waals surface area contributed by atoms with E-state index in [-0.39, 0.29) is 18.2 Å². The molecular formula is C15H20N2O4. The second kappa shape index (κ2) is 6.69. The highest BCUT2D eigenvalue weighted by Gasteiger charge is 2.29. The quantitative estimate of drug-likeness (QED) is 0.604. The van der Waals surface area contributed by atoms with E-state index in [1.165, 1.54) is 0 Å². The maximum Gasteiger partial charge on any atom is 0.305 e. The van der Waals surface area contributed by atoms with Gasteiger partial charge in [0.25, 0.3) is 0 Å². The van der Waals surface area contributed by atoms with Crippen molar-refractivity contribution in [1.29, 1.82) is 0 Å². The van der Waals surface area contributed by atoms with Crippen LogP contribution in [0.4, 0.5) is 5.69 Å². The number of nitrogens with one attached hydrogen (secondary N) is 2. The van der Waals surface area contributed by atoms with Crippen LogP contribution in [0.15, 0.2) is 24.3 Å². The van der Waals surface area contributed by atoms with Crippen LogP contribution in [0.3, 0.4) is 0 Å². The lowest BCUT2D eigenvalue weighted by atomic mass is 9.99. The fourth-order valence-electron chi connectivity index (χ4n) is 2.15. The predicted molar refractivity (Wildman–Crippen MR) is 77.9 cm³/mol. The van der Waals surface area contributed by atoms with Crippen LogP contribution >= 0.6 is 0 Å². The van der Waals surface area contributed by atoms with Crippen LogP contribution in [0.1, 0.15) is 30.9 Å². The molecule has 1 saturated carbocycles. The highest BCUT2D eigenvalue weighted by atomic mass is 16.4. The van der Waals surface area contributed by atoms with Crippen LogP contribution in [0, 0.1) is 5.92 Å². The summed E-state index contributed by atoms with van der Waals surface area (Å²) in [5.41, 5.74) is 1.29. The number of aliphatic hydroxyl groups excluding tert-OH is 1. The van der Waals surface area contributed by atoms with E-state index in [9.17, 15) is 14.7 Å². The highest BCUT2D eigenvalue weighted by Crippen LogP contribution is 2.30. The van der Waals surface area contributed by atoms with Crippen LogP contribution in [-0.2, 0) is 9.59 Å². The summed E-state index contributed by atoms with van der Waals surface area (Å²) in [6.07, 6.45) is 0.806. The Labute approximate surface area is 123 Å². The van der Waals surface area contributed by atoms with Crippen LogP contribution in [0.2, 0.25) is 0 Å². The molecule has 1 amide bonds. The predicted octanol–water partition coefficient (Wildman–Crippen LogP) is 1.13. The molecule has 0 spiro atoms. The van der Waals surface area contributed by atoms with E-state index in [0.717, 1.165) is 12.8 Å². The van der Waals surface area contributed by atoms with Gasteiger partial charge in [-0.25, -0.2) is 0 Å². The van der Waals surface area contributed by atoms with Gasteiger partial charge in [0.1, 0.15) is 0 Å². The minimum Gasteiger partial charge on any atom is -0.481 e. The lowest BCUT2D eigenvalue weighted by Gasteiger charge is -2.21. The second-order valence-electron chi connectivity index (χ2n) is 5.32. The van der Waals surface area contributed by atoms with E-state index >= 15 is 0 Å². The molecule has 1 aromatic rings. The monoisotopic (exact) mass is 292 g/mol. The van der Waals surface area contributed by atoms with Crippen molar-refractivity contribution >= 4 is 17.6 Å². The van der Waals surface area contributed by atoms with Crippen molar-refractivity contribution in [3.63, 3.8) is 0 Å². The van der Waals surface area contributed by atoms with E-state index in [4.69, 9.17) is 5.11 Å². The van der Waals surface area contributed by atoms with Crippen LogP contribution in [-0.4, -0.2) is 35.2 Å². The molecule has 0 aromatic heterocycles. The Hall–Kier alpha value is -1.92. The number of anilines is 1. The largest absolute Gasteiger partial charge is 0.481 e. The number of aliphatic carboxylic acids is 1. The third kappa shape index (κ3) is 4.27. The fraction of sp³-hybridized carbons (Fsp3) is 0.467. The molecule has 0 radical (unpaired) electrons. The Balaban J connectivity index is 1.99.